The molecule has 1 aromatic heterocycles. The van der Waals surface area contributed by atoms with Crippen molar-refractivity contribution in [2.24, 2.45) is 18.7 Å². The van der Waals surface area contributed by atoms with E-state index in [0.29, 0.717) is 17.5 Å². The van der Waals surface area contributed by atoms with Gasteiger partial charge in [0.25, 0.3) is 0 Å². The highest BCUT2D eigenvalue weighted by Crippen LogP contribution is 2.27. The number of aromatic nitrogens is 2. The van der Waals surface area contributed by atoms with Gasteiger partial charge in [0, 0.05) is 20.1 Å². The van der Waals surface area contributed by atoms with E-state index in [-0.39, 0.29) is 6.10 Å². The second-order valence-electron chi connectivity index (χ2n) is 5.05. The van der Waals surface area contributed by atoms with Crippen LogP contribution in [0.2, 0.25) is 0 Å². The SMILES string of the molecule is Cc1nn(C)c(N2CCC(C)C(O)C2)c1C(N)=S. The summed E-state index contributed by atoms with van der Waals surface area (Å²) < 4.78 is 1.80. The smallest absolute Gasteiger partial charge is 0.137 e. The van der Waals surface area contributed by atoms with Gasteiger partial charge in [-0.2, -0.15) is 5.10 Å². The van der Waals surface area contributed by atoms with Crippen LogP contribution in [0.25, 0.3) is 0 Å². The Morgan fingerprint density at radius 1 is 1.56 bits per heavy atom. The summed E-state index contributed by atoms with van der Waals surface area (Å²) >= 11 is 5.11. The van der Waals surface area contributed by atoms with E-state index in [9.17, 15) is 5.11 Å². The number of hydrogen-bond donors (Lipinski definition) is 2. The number of aliphatic hydroxyl groups is 1. The molecule has 1 aliphatic rings. The van der Waals surface area contributed by atoms with Gasteiger partial charge < -0.3 is 15.7 Å². The van der Waals surface area contributed by atoms with Gasteiger partial charge in [0.2, 0.25) is 0 Å². The van der Waals surface area contributed by atoms with Crippen molar-refractivity contribution < 1.29 is 5.11 Å². The molecule has 0 spiro atoms. The van der Waals surface area contributed by atoms with E-state index in [1.807, 2.05) is 14.0 Å². The lowest BCUT2D eigenvalue weighted by Crippen LogP contribution is -2.44. The molecule has 6 heteroatoms. The summed E-state index contributed by atoms with van der Waals surface area (Å²) in [7, 11) is 1.88. The second-order valence-corrected chi connectivity index (χ2v) is 5.49. The number of aryl methyl sites for hydroxylation is 2. The molecule has 0 saturated carbocycles. The fourth-order valence-electron chi connectivity index (χ4n) is 2.54. The van der Waals surface area contributed by atoms with Crippen LogP contribution in [-0.4, -0.2) is 39.1 Å². The minimum Gasteiger partial charge on any atom is -0.391 e. The van der Waals surface area contributed by atoms with Gasteiger partial charge in [-0.05, 0) is 19.3 Å². The fourth-order valence-corrected chi connectivity index (χ4v) is 2.78. The number of thiocarbonyl (C=S) groups is 1. The Bertz CT molecular complexity index is 471. The summed E-state index contributed by atoms with van der Waals surface area (Å²) in [5.41, 5.74) is 7.46. The summed E-state index contributed by atoms with van der Waals surface area (Å²) in [5.74, 6) is 1.26. The third-order valence-electron chi connectivity index (χ3n) is 3.66. The summed E-state index contributed by atoms with van der Waals surface area (Å²) in [6.07, 6.45) is 0.649. The van der Waals surface area contributed by atoms with Crippen LogP contribution >= 0.6 is 12.2 Å². The van der Waals surface area contributed by atoms with E-state index in [0.717, 1.165) is 30.0 Å². The molecule has 1 fully saturated rings. The van der Waals surface area contributed by atoms with Crippen LogP contribution in [0.1, 0.15) is 24.6 Å². The molecule has 5 nitrogen and oxygen atoms in total. The molecule has 2 heterocycles. The highest BCUT2D eigenvalue weighted by Gasteiger charge is 2.29. The van der Waals surface area contributed by atoms with Crippen LogP contribution in [0, 0.1) is 12.8 Å². The van der Waals surface area contributed by atoms with Gasteiger partial charge in [0.05, 0.1) is 17.4 Å². The van der Waals surface area contributed by atoms with Crippen molar-refractivity contribution >= 4 is 23.0 Å². The average Bonchev–Trinajstić information content (AvgIpc) is 2.57. The van der Waals surface area contributed by atoms with E-state index in [1.165, 1.54) is 0 Å². The van der Waals surface area contributed by atoms with Crippen LogP contribution in [0.15, 0.2) is 0 Å². The van der Waals surface area contributed by atoms with Crippen molar-refractivity contribution in [3.05, 3.63) is 11.3 Å². The Morgan fingerprint density at radius 2 is 2.22 bits per heavy atom. The first-order valence-electron chi connectivity index (χ1n) is 6.18. The predicted octanol–water partition coefficient (Wildman–Crippen LogP) is 0.570. The highest BCUT2D eigenvalue weighted by molar-refractivity contribution is 7.80. The van der Waals surface area contributed by atoms with E-state index >= 15 is 0 Å². The fraction of sp³-hybridized carbons (Fsp3) is 0.667. The molecule has 1 aliphatic heterocycles. The molecule has 2 atom stereocenters. The first kappa shape index (κ1) is 13.3. The maximum absolute atomic E-state index is 10.0. The molecular formula is C12H20N4OS. The summed E-state index contributed by atoms with van der Waals surface area (Å²) in [6, 6.07) is 0. The standard InChI is InChI=1S/C12H20N4OS/c1-7-4-5-16(6-9(7)17)12-10(11(13)18)8(2)14-15(12)3/h7,9,17H,4-6H2,1-3H3,(H2,13,18). The third kappa shape index (κ3) is 2.22. The molecule has 18 heavy (non-hydrogen) atoms. The zero-order valence-electron chi connectivity index (χ0n) is 11.1. The minimum absolute atomic E-state index is 0.312. The lowest BCUT2D eigenvalue weighted by atomic mass is 9.96. The van der Waals surface area contributed by atoms with E-state index in [2.05, 4.69) is 16.9 Å². The number of nitrogens with two attached hydrogens (primary N) is 1. The van der Waals surface area contributed by atoms with Crippen molar-refractivity contribution in [1.82, 2.24) is 9.78 Å². The molecule has 0 amide bonds. The van der Waals surface area contributed by atoms with E-state index < -0.39 is 0 Å². The molecule has 3 N–H and O–H groups in total. The Hall–Kier alpha value is -1.14. The van der Waals surface area contributed by atoms with Gasteiger partial charge in [-0.15, -0.1) is 0 Å². The van der Waals surface area contributed by atoms with Crippen LogP contribution in [0.4, 0.5) is 5.82 Å². The van der Waals surface area contributed by atoms with Gasteiger partial charge in [0.15, 0.2) is 0 Å². The van der Waals surface area contributed by atoms with Crippen LogP contribution in [0.3, 0.4) is 0 Å². The molecule has 1 saturated heterocycles. The molecule has 0 aliphatic carbocycles. The van der Waals surface area contributed by atoms with Gasteiger partial charge in [0.1, 0.15) is 10.8 Å². The first-order valence-corrected chi connectivity index (χ1v) is 6.59. The predicted molar refractivity (Wildman–Crippen MR) is 75.8 cm³/mol. The number of piperidine rings is 1. The number of hydrogen-bond acceptors (Lipinski definition) is 4. The molecule has 2 unspecified atom stereocenters. The topological polar surface area (TPSA) is 67.3 Å². The third-order valence-corrected chi connectivity index (χ3v) is 3.86. The molecule has 0 radical (unpaired) electrons. The summed E-state index contributed by atoms with van der Waals surface area (Å²) in [4.78, 5) is 2.49. The Labute approximate surface area is 113 Å². The molecule has 2 rings (SSSR count). The van der Waals surface area contributed by atoms with Crippen molar-refractivity contribution in [2.75, 3.05) is 18.0 Å². The monoisotopic (exact) mass is 268 g/mol. The first-order chi connectivity index (χ1) is 8.41. The molecule has 1 aromatic rings. The zero-order valence-corrected chi connectivity index (χ0v) is 11.9. The molecule has 0 aromatic carbocycles. The van der Waals surface area contributed by atoms with E-state index in [4.69, 9.17) is 18.0 Å². The van der Waals surface area contributed by atoms with E-state index in [1.54, 1.807) is 4.68 Å². The molecule has 100 valence electrons. The van der Waals surface area contributed by atoms with Gasteiger partial charge in [-0.1, -0.05) is 19.1 Å². The second kappa shape index (κ2) is 4.85. The van der Waals surface area contributed by atoms with Crippen molar-refractivity contribution in [3.8, 4) is 0 Å². The quantitative estimate of drug-likeness (QED) is 0.768. The number of nitrogens with zero attached hydrogens (tertiary/aromatic N) is 3. The van der Waals surface area contributed by atoms with Crippen LogP contribution in [0.5, 0.6) is 0 Å². The van der Waals surface area contributed by atoms with Crippen molar-refractivity contribution in [1.29, 1.82) is 0 Å². The zero-order chi connectivity index (χ0) is 13.4. The normalized spacial score (nSPS) is 24.3. The number of β-amino-alcohol motifs (C(OH)–C–C–N with tert-alkyl or cyclic N) is 1. The minimum atomic E-state index is -0.312. The lowest BCUT2D eigenvalue weighted by Gasteiger charge is -2.36. The number of aliphatic hydroxyl groups excluding tert-OH is 1. The van der Waals surface area contributed by atoms with Crippen molar-refractivity contribution in [2.45, 2.75) is 26.4 Å². The van der Waals surface area contributed by atoms with Crippen LogP contribution in [-0.2, 0) is 7.05 Å². The maximum atomic E-state index is 10.0. The summed E-state index contributed by atoms with van der Waals surface area (Å²) in [5, 5.41) is 14.4. The Kier molecular flexibility index (Phi) is 3.59. The number of rotatable bonds is 2. The van der Waals surface area contributed by atoms with Gasteiger partial charge in [-0.3, -0.25) is 4.68 Å². The maximum Gasteiger partial charge on any atom is 0.137 e. The van der Waals surface area contributed by atoms with Gasteiger partial charge in [-0.25, -0.2) is 0 Å². The van der Waals surface area contributed by atoms with Crippen molar-refractivity contribution in [3.63, 3.8) is 0 Å². The summed E-state index contributed by atoms with van der Waals surface area (Å²) in [6.45, 7) is 5.48. The molecule has 0 bridgehead atoms. The van der Waals surface area contributed by atoms with Gasteiger partial charge >= 0.3 is 0 Å². The number of anilines is 1. The largest absolute Gasteiger partial charge is 0.391 e. The molecular weight excluding hydrogens is 248 g/mol. The lowest BCUT2D eigenvalue weighted by molar-refractivity contribution is 0.102. The Balaban J connectivity index is 2.36. The Morgan fingerprint density at radius 3 is 2.78 bits per heavy atom. The average molecular weight is 268 g/mol. The highest BCUT2D eigenvalue weighted by atomic mass is 32.1. The van der Waals surface area contributed by atoms with Crippen LogP contribution < -0.4 is 10.6 Å².